The van der Waals surface area contributed by atoms with Crippen LogP contribution in [0.15, 0.2) is 29.2 Å². The molecule has 2 fully saturated rings. The summed E-state index contributed by atoms with van der Waals surface area (Å²) in [5.74, 6) is -0.463. The summed E-state index contributed by atoms with van der Waals surface area (Å²) in [7, 11) is -3.72. The van der Waals surface area contributed by atoms with Crippen LogP contribution < -0.4 is 4.90 Å². The van der Waals surface area contributed by atoms with Gasteiger partial charge in [0.05, 0.1) is 18.0 Å². The van der Waals surface area contributed by atoms with E-state index in [0.29, 0.717) is 19.6 Å². The number of carbonyl (C=O) groups excluding carboxylic acids is 1. The normalized spacial score (nSPS) is 20.9. The molecule has 0 bridgehead atoms. The Kier molecular flexibility index (Phi) is 6.83. The summed E-state index contributed by atoms with van der Waals surface area (Å²) in [5.41, 5.74) is 0. The molecular weight excluding hydrogens is 369 g/mol. The summed E-state index contributed by atoms with van der Waals surface area (Å²) in [6.07, 6.45) is 6.12. The highest BCUT2D eigenvalue weighted by Crippen LogP contribution is 2.18. The summed E-state index contributed by atoms with van der Waals surface area (Å²) in [4.78, 5) is 15.7. The van der Waals surface area contributed by atoms with E-state index in [1.54, 1.807) is 4.90 Å². The smallest absolute Gasteiger partial charge is 0.277 e. The second-order valence-electron chi connectivity index (χ2n) is 7.44. The van der Waals surface area contributed by atoms with E-state index in [0.717, 1.165) is 19.2 Å². The van der Waals surface area contributed by atoms with Crippen LogP contribution in [0.5, 0.6) is 0 Å². The van der Waals surface area contributed by atoms with Gasteiger partial charge in [-0.25, -0.2) is 12.8 Å². The number of piperazine rings is 1. The Labute approximate surface area is 161 Å². The standard InChI is InChI=1S/C19H28FN3O3S/c20-17-7-6-8-18(15-17)27(25,26)23-13-11-22(12-14-23)19(24)16-21-9-4-2-1-3-5-10-21/h6-8,15H,1-5,9-14,16H2/p+1. The van der Waals surface area contributed by atoms with E-state index in [4.69, 9.17) is 0 Å². The second kappa shape index (κ2) is 9.12. The molecule has 0 saturated carbocycles. The maximum absolute atomic E-state index is 13.4. The molecule has 2 saturated heterocycles. The highest BCUT2D eigenvalue weighted by molar-refractivity contribution is 7.89. The van der Waals surface area contributed by atoms with Crippen LogP contribution >= 0.6 is 0 Å². The number of hydrogen-bond acceptors (Lipinski definition) is 3. The van der Waals surface area contributed by atoms with Crippen molar-refractivity contribution in [2.45, 2.75) is 37.0 Å². The number of nitrogens with one attached hydrogen (secondary N) is 1. The molecule has 0 spiro atoms. The SMILES string of the molecule is O=C(C[NH+]1CCCCCCC1)N1CCN(S(=O)(=O)c2cccc(F)c2)CC1. The van der Waals surface area contributed by atoms with E-state index in [9.17, 15) is 17.6 Å². The molecule has 0 radical (unpaired) electrons. The highest BCUT2D eigenvalue weighted by atomic mass is 32.2. The monoisotopic (exact) mass is 398 g/mol. The third-order valence-electron chi connectivity index (χ3n) is 5.49. The van der Waals surface area contributed by atoms with Crippen molar-refractivity contribution in [3.63, 3.8) is 0 Å². The Morgan fingerprint density at radius 1 is 1.00 bits per heavy atom. The summed E-state index contributed by atoms with van der Waals surface area (Å²) in [6, 6.07) is 5.07. The molecule has 1 amide bonds. The van der Waals surface area contributed by atoms with E-state index in [-0.39, 0.29) is 23.9 Å². The zero-order valence-electron chi connectivity index (χ0n) is 15.7. The summed E-state index contributed by atoms with van der Waals surface area (Å²) in [6.45, 7) is 3.86. The number of amides is 1. The molecule has 8 heteroatoms. The van der Waals surface area contributed by atoms with Gasteiger partial charge in [0.25, 0.3) is 5.91 Å². The third-order valence-corrected chi connectivity index (χ3v) is 7.38. The molecule has 1 N–H and O–H groups in total. The van der Waals surface area contributed by atoms with Gasteiger partial charge in [-0.2, -0.15) is 4.31 Å². The number of nitrogens with zero attached hydrogens (tertiary/aromatic N) is 2. The Bertz CT molecular complexity index is 740. The van der Waals surface area contributed by atoms with Crippen LogP contribution in [0.1, 0.15) is 32.1 Å². The van der Waals surface area contributed by atoms with Crippen molar-refractivity contribution in [2.75, 3.05) is 45.8 Å². The van der Waals surface area contributed by atoms with Crippen LogP contribution in [-0.2, 0) is 14.8 Å². The van der Waals surface area contributed by atoms with Crippen LogP contribution in [0.2, 0.25) is 0 Å². The molecule has 1 aromatic rings. The minimum atomic E-state index is -3.72. The Hall–Kier alpha value is -1.51. The van der Waals surface area contributed by atoms with Gasteiger partial charge in [0, 0.05) is 26.2 Å². The summed E-state index contributed by atoms with van der Waals surface area (Å²) in [5, 5.41) is 0. The van der Waals surface area contributed by atoms with E-state index in [2.05, 4.69) is 0 Å². The van der Waals surface area contributed by atoms with Crippen molar-refractivity contribution < 1.29 is 22.5 Å². The second-order valence-corrected chi connectivity index (χ2v) is 9.37. The lowest BCUT2D eigenvalue weighted by molar-refractivity contribution is -0.893. The molecule has 0 aromatic heterocycles. The number of hydrogen-bond donors (Lipinski definition) is 1. The van der Waals surface area contributed by atoms with Crippen molar-refractivity contribution in [1.29, 1.82) is 0 Å². The number of rotatable bonds is 4. The first kappa shape index (κ1) is 20.2. The average Bonchev–Trinajstić information content (AvgIpc) is 2.64. The highest BCUT2D eigenvalue weighted by Gasteiger charge is 2.31. The van der Waals surface area contributed by atoms with Crippen LogP contribution in [0.4, 0.5) is 4.39 Å². The van der Waals surface area contributed by atoms with E-state index in [1.165, 1.54) is 59.5 Å². The predicted molar refractivity (Wildman–Crippen MR) is 100 cm³/mol. The molecule has 2 heterocycles. The maximum Gasteiger partial charge on any atom is 0.277 e. The Morgan fingerprint density at radius 3 is 2.26 bits per heavy atom. The van der Waals surface area contributed by atoms with Gasteiger partial charge in [0.15, 0.2) is 6.54 Å². The van der Waals surface area contributed by atoms with Gasteiger partial charge in [0.2, 0.25) is 10.0 Å². The molecule has 0 aliphatic carbocycles. The fourth-order valence-corrected chi connectivity index (χ4v) is 5.32. The minimum absolute atomic E-state index is 0.0349. The lowest BCUT2D eigenvalue weighted by atomic mass is 10.1. The summed E-state index contributed by atoms with van der Waals surface area (Å²) < 4.78 is 40.0. The van der Waals surface area contributed by atoms with Crippen LogP contribution in [0.25, 0.3) is 0 Å². The number of likely N-dealkylation sites (tertiary alicyclic amines) is 1. The number of carbonyl (C=O) groups is 1. The van der Waals surface area contributed by atoms with Crippen molar-refractivity contribution in [1.82, 2.24) is 9.21 Å². The zero-order valence-corrected chi connectivity index (χ0v) is 16.5. The van der Waals surface area contributed by atoms with E-state index >= 15 is 0 Å². The topological polar surface area (TPSA) is 62.1 Å². The molecule has 0 atom stereocenters. The van der Waals surface area contributed by atoms with Crippen molar-refractivity contribution in [3.8, 4) is 0 Å². The van der Waals surface area contributed by atoms with Gasteiger partial charge in [-0.15, -0.1) is 0 Å². The van der Waals surface area contributed by atoms with E-state index in [1.807, 2.05) is 0 Å². The first-order chi connectivity index (χ1) is 13.0. The molecule has 150 valence electrons. The number of quaternary nitrogens is 1. The fourth-order valence-electron chi connectivity index (χ4n) is 3.86. The molecule has 3 rings (SSSR count). The first-order valence-corrected chi connectivity index (χ1v) is 11.3. The van der Waals surface area contributed by atoms with Crippen LogP contribution in [-0.4, -0.2) is 69.3 Å². The first-order valence-electron chi connectivity index (χ1n) is 9.84. The van der Waals surface area contributed by atoms with Crippen molar-refractivity contribution in [3.05, 3.63) is 30.1 Å². The minimum Gasteiger partial charge on any atom is -0.335 e. The number of sulfonamides is 1. The van der Waals surface area contributed by atoms with Gasteiger partial charge < -0.3 is 9.80 Å². The summed E-state index contributed by atoms with van der Waals surface area (Å²) >= 11 is 0. The average molecular weight is 399 g/mol. The Balaban J connectivity index is 1.54. The molecular formula is C19H29FN3O3S+. The van der Waals surface area contributed by atoms with Gasteiger partial charge in [-0.3, -0.25) is 4.79 Å². The van der Waals surface area contributed by atoms with Gasteiger partial charge in [0.1, 0.15) is 5.82 Å². The lowest BCUT2D eigenvalue weighted by Gasteiger charge is -2.34. The van der Waals surface area contributed by atoms with Gasteiger partial charge >= 0.3 is 0 Å². The molecule has 2 aliphatic heterocycles. The molecule has 6 nitrogen and oxygen atoms in total. The molecule has 27 heavy (non-hydrogen) atoms. The quantitative estimate of drug-likeness (QED) is 0.804. The number of benzene rings is 1. The largest absolute Gasteiger partial charge is 0.335 e. The van der Waals surface area contributed by atoms with Crippen LogP contribution in [0.3, 0.4) is 0 Å². The van der Waals surface area contributed by atoms with Gasteiger partial charge in [-0.1, -0.05) is 12.5 Å². The molecule has 0 unspecified atom stereocenters. The fraction of sp³-hybridized carbons (Fsp3) is 0.632. The number of halogens is 1. The van der Waals surface area contributed by atoms with Crippen molar-refractivity contribution in [2.24, 2.45) is 0 Å². The van der Waals surface area contributed by atoms with Crippen molar-refractivity contribution >= 4 is 15.9 Å². The predicted octanol–water partition coefficient (Wildman–Crippen LogP) is 0.508. The van der Waals surface area contributed by atoms with Gasteiger partial charge in [-0.05, 0) is 43.9 Å². The Morgan fingerprint density at radius 2 is 1.63 bits per heavy atom. The third kappa shape index (κ3) is 5.27. The van der Waals surface area contributed by atoms with E-state index < -0.39 is 15.8 Å². The lowest BCUT2D eigenvalue weighted by Crippen LogP contribution is -3.13. The molecule has 1 aromatic carbocycles. The molecule has 2 aliphatic rings. The zero-order chi connectivity index (χ0) is 19.3. The van der Waals surface area contributed by atoms with Crippen LogP contribution in [0, 0.1) is 5.82 Å². The maximum atomic E-state index is 13.4.